The molecule has 0 saturated carbocycles. The average Bonchev–Trinajstić information content (AvgIpc) is 3.30. The normalized spacial score (nSPS) is 18.6. The van der Waals surface area contributed by atoms with Gasteiger partial charge in [0, 0.05) is 12.5 Å². The lowest BCUT2D eigenvalue weighted by molar-refractivity contribution is -0.131. The summed E-state index contributed by atoms with van der Waals surface area (Å²) in [6, 6.07) is 6.99. The second kappa shape index (κ2) is 9.69. The molecule has 0 spiro atoms. The first-order chi connectivity index (χ1) is 14.4. The van der Waals surface area contributed by atoms with Crippen LogP contribution in [0.25, 0.3) is 0 Å². The van der Waals surface area contributed by atoms with Crippen molar-refractivity contribution in [3.8, 4) is 5.75 Å². The van der Waals surface area contributed by atoms with E-state index in [1.807, 2.05) is 45.0 Å². The number of hydrogen-bond acceptors (Lipinski definition) is 5. The lowest BCUT2D eigenvalue weighted by Crippen LogP contribution is -2.39. The summed E-state index contributed by atoms with van der Waals surface area (Å²) in [6.45, 7) is 6.56. The van der Waals surface area contributed by atoms with Crippen molar-refractivity contribution < 1.29 is 18.7 Å². The zero-order valence-corrected chi connectivity index (χ0v) is 17.5. The SMILES string of the molecule is CCOc1ccc(CC(=O)N2CC(F)CC2Cn2cc(C(=O)NC(C)C)nn2)cc1. The van der Waals surface area contributed by atoms with Gasteiger partial charge < -0.3 is 15.0 Å². The highest BCUT2D eigenvalue weighted by Crippen LogP contribution is 2.23. The summed E-state index contributed by atoms with van der Waals surface area (Å²) in [5.41, 5.74) is 1.05. The fraction of sp³-hybridized carbons (Fsp3) is 0.524. The Morgan fingerprint density at radius 1 is 1.30 bits per heavy atom. The van der Waals surface area contributed by atoms with Crippen molar-refractivity contribution >= 4 is 11.8 Å². The van der Waals surface area contributed by atoms with Crippen LogP contribution >= 0.6 is 0 Å². The van der Waals surface area contributed by atoms with Gasteiger partial charge in [-0.15, -0.1) is 5.10 Å². The molecule has 0 radical (unpaired) electrons. The molecule has 1 aromatic heterocycles. The summed E-state index contributed by atoms with van der Waals surface area (Å²) in [4.78, 5) is 26.4. The van der Waals surface area contributed by atoms with Gasteiger partial charge in [0.2, 0.25) is 5.91 Å². The monoisotopic (exact) mass is 417 g/mol. The summed E-state index contributed by atoms with van der Waals surface area (Å²) in [7, 11) is 0. The van der Waals surface area contributed by atoms with Gasteiger partial charge in [-0.05, 0) is 38.5 Å². The molecule has 2 aromatic rings. The lowest BCUT2D eigenvalue weighted by atomic mass is 10.1. The molecule has 1 N–H and O–H groups in total. The summed E-state index contributed by atoms with van der Waals surface area (Å²) >= 11 is 0. The van der Waals surface area contributed by atoms with E-state index in [1.165, 1.54) is 10.9 Å². The van der Waals surface area contributed by atoms with E-state index >= 15 is 0 Å². The van der Waals surface area contributed by atoms with Crippen LogP contribution in [0, 0.1) is 0 Å². The summed E-state index contributed by atoms with van der Waals surface area (Å²) < 4.78 is 21.0. The van der Waals surface area contributed by atoms with Crippen molar-refractivity contribution in [3.05, 3.63) is 41.7 Å². The van der Waals surface area contributed by atoms with Crippen molar-refractivity contribution in [2.75, 3.05) is 13.2 Å². The maximum Gasteiger partial charge on any atom is 0.273 e. The summed E-state index contributed by atoms with van der Waals surface area (Å²) in [6.07, 6.45) is 0.877. The molecular weight excluding hydrogens is 389 g/mol. The number of rotatable bonds is 8. The zero-order valence-electron chi connectivity index (χ0n) is 17.5. The number of amides is 2. The number of alkyl halides is 1. The first kappa shape index (κ1) is 21.7. The van der Waals surface area contributed by atoms with E-state index in [-0.39, 0.29) is 55.5 Å². The van der Waals surface area contributed by atoms with Gasteiger partial charge in [-0.3, -0.25) is 9.59 Å². The van der Waals surface area contributed by atoms with Crippen LogP contribution in [0.15, 0.2) is 30.5 Å². The fourth-order valence-electron chi connectivity index (χ4n) is 3.53. The molecule has 1 aliphatic heterocycles. The number of ether oxygens (including phenoxy) is 1. The minimum absolute atomic E-state index is 0.0134. The highest BCUT2D eigenvalue weighted by atomic mass is 19.1. The summed E-state index contributed by atoms with van der Waals surface area (Å²) in [5, 5.41) is 10.6. The third-order valence-corrected chi connectivity index (χ3v) is 4.86. The minimum atomic E-state index is -1.08. The number of carbonyl (C=O) groups is 2. The van der Waals surface area contributed by atoms with Crippen molar-refractivity contribution in [2.45, 2.75) is 58.4 Å². The lowest BCUT2D eigenvalue weighted by Gasteiger charge is -2.24. The highest BCUT2D eigenvalue weighted by molar-refractivity contribution is 5.92. The second-order valence-electron chi connectivity index (χ2n) is 7.74. The predicted octanol–water partition coefficient (Wildman–Crippen LogP) is 2.00. The first-order valence-corrected chi connectivity index (χ1v) is 10.2. The molecule has 0 aliphatic carbocycles. The van der Waals surface area contributed by atoms with E-state index in [4.69, 9.17) is 4.74 Å². The van der Waals surface area contributed by atoms with Gasteiger partial charge in [-0.2, -0.15) is 0 Å². The van der Waals surface area contributed by atoms with Gasteiger partial charge in [0.05, 0.1) is 38.4 Å². The van der Waals surface area contributed by atoms with Crippen molar-refractivity contribution in [2.24, 2.45) is 0 Å². The minimum Gasteiger partial charge on any atom is -0.494 e. The van der Waals surface area contributed by atoms with Crippen molar-refractivity contribution in [1.82, 2.24) is 25.2 Å². The molecule has 162 valence electrons. The molecule has 2 heterocycles. The van der Waals surface area contributed by atoms with E-state index in [9.17, 15) is 14.0 Å². The number of nitrogens with zero attached hydrogens (tertiary/aromatic N) is 4. The van der Waals surface area contributed by atoms with Crippen LogP contribution in [0.1, 0.15) is 43.2 Å². The van der Waals surface area contributed by atoms with Crippen LogP contribution in [-0.4, -0.2) is 63.1 Å². The predicted molar refractivity (Wildman–Crippen MR) is 109 cm³/mol. The van der Waals surface area contributed by atoms with Gasteiger partial charge in [0.25, 0.3) is 5.91 Å². The Balaban J connectivity index is 1.63. The topological polar surface area (TPSA) is 89.4 Å². The molecule has 1 aliphatic rings. The number of carbonyl (C=O) groups excluding carboxylic acids is 2. The maximum atomic E-state index is 14.1. The molecule has 30 heavy (non-hydrogen) atoms. The number of hydrogen-bond donors (Lipinski definition) is 1. The Morgan fingerprint density at radius 2 is 2.03 bits per heavy atom. The van der Waals surface area contributed by atoms with E-state index < -0.39 is 6.17 Å². The van der Waals surface area contributed by atoms with E-state index in [1.54, 1.807) is 4.90 Å². The quantitative estimate of drug-likeness (QED) is 0.710. The van der Waals surface area contributed by atoms with Gasteiger partial charge >= 0.3 is 0 Å². The fourth-order valence-corrected chi connectivity index (χ4v) is 3.53. The molecule has 1 fully saturated rings. The molecule has 0 bridgehead atoms. The zero-order chi connectivity index (χ0) is 21.7. The van der Waals surface area contributed by atoms with Gasteiger partial charge in [0.1, 0.15) is 11.9 Å². The molecular formula is C21H28FN5O3. The smallest absolute Gasteiger partial charge is 0.273 e. The van der Waals surface area contributed by atoms with Gasteiger partial charge in [-0.25, -0.2) is 9.07 Å². The molecule has 2 unspecified atom stereocenters. The Bertz CT molecular complexity index is 868. The Labute approximate surface area is 175 Å². The molecule has 8 nitrogen and oxygen atoms in total. The first-order valence-electron chi connectivity index (χ1n) is 10.2. The van der Waals surface area contributed by atoms with Crippen LogP contribution in [0.3, 0.4) is 0 Å². The Kier molecular flexibility index (Phi) is 7.02. The highest BCUT2D eigenvalue weighted by Gasteiger charge is 2.35. The Hall–Kier alpha value is -2.97. The number of likely N-dealkylation sites (tertiary alicyclic amines) is 1. The summed E-state index contributed by atoms with van der Waals surface area (Å²) in [5.74, 6) is 0.303. The van der Waals surface area contributed by atoms with Crippen LogP contribution < -0.4 is 10.1 Å². The third-order valence-electron chi connectivity index (χ3n) is 4.86. The largest absolute Gasteiger partial charge is 0.494 e. The third kappa shape index (κ3) is 5.55. The number of benzene rings is 1. The second-order valence-corrected chi connectivity index (χ2v) is 7.74. The van der Waals surface area contributed by atoms with E-state index in [2.05, 4.69) is 15.6 Å². The molecule has 9 heteroatoms. The van der Waals surface area contributed by atoms with Gasteiger partial charge in [0.15, 0.2) is 5.69 Å². The molecule has 2 atom stereocenters. The standard InChI is InChI=1S/C21H28FN5O3/c1-4-30-18-7-5-15(6-8-18)9-20(28)27-11-16(22)10-17(27)12-26-13-19(24-25-26)21(29)23-14(2)3/h5-8,13-14,16-17H,4,9-12H2,1-3H3,(H,23,29). The van der Waals surface area contributed by atoms with Crippen molar-refractivity contribution in [1.29, 1.82) is 0 Å². The van der Waals surface area contributed by atoms with Crippen LogP contribution in [0.2, 0.25) is 0 Å². The number of aromatic nitrogens is 3. The number of halogens is 1. The van der Waals surface area contributed by atoms with Crippen LogP contribution in [-0.2, 0) is 17.8 Å². The molecule has 2 amide bonds. The van der Waals surface area contributed by atoms with Crippen molar-refractivity contribution in [3.63, 3.8) is 0 Å². The molecule has 1 saturated heterocycles. The van der Waals surface area contributed by atoms with Gasteiger partial charge in [-0.1, -0.05) is 17.3 Å². The van der Waals surface area contributed by atoms with Crippen LogP contribution in [0.4, 0.5) is 4.39 Å². The molecule has 3 rings (SSSR count). The average molecular weight is 417 g/mol. The van der Waals surface area contributed by atoms with E-state index in [0.717, 1.165) is 11.3 Å². The van der Waals surface area contributed by atoms with E-state index in [0.29, 0.717) is 6.61 Å². The number of nitrogens with one attached hydrogen (secondary N) is 1. The maximum absolute atomic E-state index is 14.1. The Morgan fingerprint density at radius 3 is 2.70 bits per heavy atom. The molecule has 1 aromatic carbocycles. The van der Waals surface area contributed by atoms with Crippen LogP contribution in [0.5, 0.6) is 5.75 Å².